The Kier molecular flexibility index (Phi) is 7.06. The van der Waals surface area contributed by atoms with Gasteiger partial charge in [0.25, 0.3) is 5.91 Å². The van der Waals surface area contributed by atoms with Gasteiger partial charge >= 0.3 is 5.97 Å². The van der Waals surface area contributed by atoms with Gasteiger partial charge in [-0.2, -0.15) is 0 Å². The molecule has 1 aliphatic rings. The molecule has 2 aromatic rings. The van der Waals surface area contributed by atoms with Gasteiger partial charge in [-0.15, -0.1) is 0 Å². The van der Waals surface area contributed by atoms with Crippen molar-refractivity contribution in [2.75, 3.05) is 27.4 Å². The van der Waals surface area contributed by atoms with Crippen LogP contribution in [0.15, 0.2) is 36.4 Å². The number of ether oxygens (including phenoxy) is 3. The molecule has 3 rings (SSSR count). The van der Waals surface area contributed by atoms with Crippen molar-refractivity contribution >= 4 is 17.7 Å². The van der Waals surface area contributed by atoms with E-state index in [9.17, 15) is 14.4 Å². The summed E-state index contributed by atoms with van der Waals surface area (Å²) in [5.74, 6) is -0.522. The van der Waals surface area contributed by atoms with Gasteiger partial charge in [0.15, 0.2) is 12.4 Å². The predicted octanol–water partition coefficient (Wildman–Crippen LogP) is 2.74. The van der Waals surface area contributed by atoms with Crippen LogP contribution < -0.4 is 14.8 Å². The van der Waals surface area contributed by atoms with Crippen molar-refractivity contribution in [3.05, 3.63) is 58.7 Å². The number of methoxy groups -OCH3 is 2. The van der Waals surface area contributed by atoms with Crippen LogP contribution in [0.1, 0.15) is 44.7 Å². The minimum Gasteiger partial charge on any atom is -0.497 e. The summed E-state index contributed by atoms with van der Waals surface area (Å²) in [6.07, 6.45) is 4.31. The van der Waals surface area contributed by atoms with E-state index in [4.69, 9.17) is 14.2 Å². The number of nitrogens with one attached hydrogen (secondary N) is 1. The predicted molar refractivity (Wildman–Crippen MR) is 110 cm³/mol. The lowest BCUT2D eigenvalue weighted by Gasteiger charge is -2.16. The van der Waals surface area contributed by atoms with E-state index in [-0.39, 0.29) is 24.5 Å². The maximum Gasteiger partial charge on any atom is 0.325 e. The van der Waals surface area contributed by atoms with Crippen LogP contribution in [0.3, 0.4) is 0 Å². The molecule has 1 aliphatic carbocycles. The molecular formula is C23H25NO6. The van der Waals surface area contributed by atoms with Crippen LogP contribution in [0.5, 0.6) is 11.5 Å². The minimum absolute atomic E-state index is 0.263. The average Bonchev–Trinajstić information content (AvgIpc) is 2.80. The van der Waals surface area contributed by atoms with Gasteiger partial charge in [0.05, 0.1) is 14.2 Å². The van der Waals surface area contributed by atoms with Crippen LogP contribution in [-0.4, -0.2) is 45.0 Å². The molecule has 0 aliphatic heterocycles. The second kappa shape index (κ2) is 9.91. The third-order valence-electron chi connectivity index (χ3n) is 5.04. The zero-order valence-electron chi connectivity index (χ0n) is 17.2. The molecule has 1 amide bonds. The van der Waals surface area contributed by atoms with E-state index in [1.54, 1.807) is 12.1 Å². The molecule has 0 saturated carbocycles. The molecule has 30 heavy (non-hydrogen) atoms. The van der Waals surface area contributed by atoms with Crippen LogP contribution in [0.25, 0.3) is 0 Å². The number of esters is 1. The molecule has 0 fully saturated rings. The van der Waals surface area contributed by atoms with Gasteiger partial charge in [0.1, 0.15) is 18.0 Å². The van der Waals surface area contributed by atoms with Crippen molar-refractivity contribution in [1.29, 1.82) is 0 Å². The summed E-state index contributed by atoms with van der Waals surface area (Å²) in [6.45, 7) is -0.712. The first kappa shape index (κ1) is 21.4. The number of aryl methyl sites for hydroxylation is 2. The van der Waals surface area contributed by atoms with Gasteiger partial charge in [-0.3, -0.25) is 14.4 Å². The summed E-state index contributed by atoms with van der Waals surface area (Å²) in [6, 6.07) is 10.3. The molecule has 0 aromatic heterocycles. The largest absolute Gasteiger partial charge is 0.497 e. The standard InChI is InChI=1S/C23H25NO6/c1-28-19-10-18(11-20(12-19)29-2)23(27)24-13-22(26)30-14-21(25)17-8-7-15-5-3-4-6-16(15)9-17/h7-12H,3-6,13-14H2,1-2H3,(H,24,27). The summed E-state index contributed by atoms with van der Waals surface area (Å²) in [4.78, 5) is 36.6. The number of hydrogen-bond donors (Lipinski definition) is 1. The first-order chi connectivity index (χ1) is 14.5. The summed E-state index contributed by atoms with van der Waals surface area (Å²) >= 11 is 0. The molecule has 0 heterocycles. The van der Waals surface area contributed by atoms with Gasteiger partial charge in [-0.25, -0.2) is 0 Å². The number of hydrogen-bond acceptors (Lipinski definition) is 6. The summed E-state index contributed by atoms with van der Waals surface area (Å²) in [5.41, 5.74) is 3.30. The Bertz CT molecular complexity index is 930. The number of rotatable bonds is 8. The minimum atomic E-state index is -0.690. The number of benzene rings is 2. The quantitative estimate of drug-likeness (QED) is 0.531. The Hall–Kier alpha value is -3.35. The van der Waals surface area contributed by atoms with E-state index < -0.39 is 11.9 Å². The summed E-state index contributed by atoms with van der Waals surface area (Å²) in [5, 5.41) is 2.47. The normalized spacial score (nSPS) is 12.5. The smallest absolute Gasteiger partial charge is 0.325 e. The highest BCUT2D eigenvalue weighted by Crippen LogP contribution is 2.23. The lowest BCUT2D eigenvalue weighted by molar-refractivity contribution is -0.141. The maximum absolute atomic E-state index is 12.3. The first-order valence-corrected chi connectivity index (χ1v) is 9.82. The van der Waals surface area contributed by atoms with Gasteiger partial charge in [0, 0.05) is 17.2 Å². The molecule has 7 nitrogen and oxygen atoms in total. The van der Waals surface area contributed by atoms with Crippen LogP contribution in [0.2, 0.25) is 0 Å². The molecule has 2 aromatic carbocycles. The molecule has 0 spiro atoms. The van der Waals surface area contributed by atoms with Crippen molar-refractivity contribution in [2.24, 2.45) is 0 Å². The Morgan fingerprint density at radius 1 is 0.867 bits per heavy atom. The lowest BCUT2D eigenvalue weighted by atomic mass is 9.90. The van der Waals surface area contributed by atoms with Crippen LogP contribution in [0, 0.1) is 0 Å². The van der Waals surface area contributed by atoms with Crippen molar-refractivity contribution in [2.45, 2.75) is 25.7 Å². The van der Waals surface area contributed by atoms with E-state index in [2.05, 4.69) is 5.32 Å². The molecule has 0 saturated heterocycles. The molecule has 0 atom stereocenters. The number of carbonyl (C=O) groups excluding carboxylic acids is 3. The highest BCUT2D eigenvalue weighted by molar-refractivity contribution is 5.99. The SMILES string of the molecule is COc1cc(OC)cc(C(=O)NCC(=O)OCC(=O)c2ccc3c(c2)CCCC3)c1. The first-order valence-electron chi connectivity index (χ1n) is 9.82. The Labute approximate surface area is 175 Å². The highest BCUT2D eigenvalue weighted by Gasteiger charge is 2.16. The maximum atomic E-state index is 12.3. The fraction of sp³-hybridized carbons (Fsp3) is 0.348. The van der Waals surface area contributed by atoms with E-state index in [1.165, 1.54) is 43.9 Å². The third-order valence-corrected chi connectivity index (χ3v) is 5.04. The van der Waals surface area contributed by atoms with Gasteiger partial charge in [-0.05, 0) is 55.0 Å². The number of carbonyl (C=O) groups is 3. The molecule has 0 radical (unpaired) electrons. The molecule has 0 bridgehead atoms. The number of fused-ring (bicyclic) bond motifs is 1. The second-order valence-electron chi connectivity index (χ2n) is 7.06. The fourth-order valence-electron chi connectivity index (χ4n) is 3.38. The van der Waals surface area contributed by atoms with Crippen LogP contribution in [-0.2, 0) is 22.4 Å². The Balaban J connectivity index is 1.50. The lowest BCUT2D eigenvalue weighted by Crippen LogP contribution is -2.31. The average molecular weight is 411 g/mol. The third kappa shape index (κ3) is 5.37. The Morgan fingerprint density at radius 2 is 1.53 bits per heavy atom. The molecule has 7 heteroatoms. The molecule has 0 unspecified atom stereocenters. The molecule has 1 N–H and O–H groups in total. The van der Waals surface area contributed by atoms with Gasteiger partial charge < -0.3 is 19.5 Å². The van der Waals surface area contributed by atoms with Crippen LogP contribution >= 0.6 is 0 Å². The van der Waals surface area contributed by atoms with Crippen molar-refractivity contribution in [3.8, 4) is 11.5 Å². The van der Waals surface area contributed by atoms with Crippen LogP contribution in [0.4, 0.5) is 0 Å². The number of Topliss-reactive ketones (excluding diaryl/α,β-unsaturated/α-hetero) is 1. The number of ketones is 1. The Morgan fingerprint density at radius 3 is 2.20 bits per heavy atom. The van der Waals surface area contributed by atoms with E-state index in [1.807, 2.05) is 12.1 Å². The van der Waals surface area contributed by atoms with Crippen molar-refractivity contribution < 1.29 is 28.6 Å². The van der Waals surface area contributed by atoms with E-state index in [0.29, 0.717) is 17.1 Å². The zero-order chi connectivity index (χ0) is 21.5. The second-order valence-corrected chi connectivity index (χ2v) is 7.06. The summed E-state index contributed by atoms with van der Waals surface area (Å²) < 4.78 is 15.3. The van der Waals surface area contributed by atoms with E-state index >= 15 is 0 Å². The van der Waals surface area contributed by atoms with E-state index in [0.717, 1.165) is 19.3 Å². The topological polar surface area (TPSA) is 90.9 Å². The van der Waals surface area contributed by atoms with Crippen molar-refractivity contribution in [3.63, 3.8) is 0 Å². The van der Waals surface area contributed by atoms with Crippen molar-refractivity contribution in [1.82, 2.24) is 5.32 Å². The zero-order valence-corrected chi connectivity index (χ0v) is 17.2. The highest BCUT2D eigenvalue weighted by atomic mass is 16.5. The molecular weight excluding hydrogens is 386 g/mol. The molecule has 158 valence electrons. The fourth-order valence-corrected chi connectivity index (χ4v) is 3.38. The summed E-state index contributed by atoms with van der Waals surface area (Å²) in [7, 11) is 2.96. The van der Waals surface area contributed by atoms with Gasteiger partial charge in [0.2, 0.25) is 0 Å². The van der Waals surface area contributed by atoms with Gasteiger partial charge in [-0.1, -0.05) is 12.1 Å². The monoisotopic (exact) mass is 411 g/mol. The number of amides is 1.